The summed E-state index contributed by atoms with van der Waals surface area (Å²) < 4.78 is 5.06. The molecule has 2 rings (SSSR count). The highest BCUT2D eigenvalue weighted by Crippen LogP contribution is 2.49. The van der Waals surface area contributed by atoms with E-state index in [2.05, 4.69) is 0 Å². The fourth-order valence-corrected chi connectivity index (χ4v) is 1.97. The van der Waals surface area contributed by atoms with Gasteiger partial charge in [0.15, 0.2) is 0 Å². The minimum absolute atomic E-state index is 0.114. The Morgan fingerprint density at radius 2 is 2.09 bits per heavy atom. The van der Waals surface area contributed by atoms with Crippen molar-refractivity contribution in [2.45, 2.75) is 19.3 Å². The number of ether oxygens (including phenoxy) is 1. The Bertz CT molecular complexity index is 183. The van der Waals surface area contributed by atoms with Crippen LogP contribution < -0.4 is 5.73 Å². The summed E-state index contributed by atoms with van der Waals surface area (Å²) in [6, 6.07) is 0. The summed E-state index contributed by atoms with van der Waals surface area (Å²) in [5, 5.41) is 0. The van der Waals surface area contributed by atoms with Gasteiger partial charge in [-0.1, -0.05) is 6.42 Å². The molecule has 11 heavy (non-hydrogen) atoms. The van der Waals surface area contributed by atoms with Crippen LogP contribution in [0.15, 0.2) is 0 Å². The third-order valence-electron chi connectivity index (χ3n) is 3.16. The molecule has 3 nitrogen and oxygen atoms in total. The highest BCUT2D eigenvalue weighted by molar-refractivity contribution is 5.82. The normalized spacial score (nSPS) is 28.7. The molecule has 0 aromatic carbocycles. The lowest BCUT2D eigenvalue weighted by molar-refractivity contribution is -0.160. The van der Waals surface area contributed by atoms with Gasteiger partial charge in [-0.05, 0) is 12.8 Å². The Balaban J connectivity index is 2.09. The smallest absolute Gasteiger partial charge is 0.224 e. The van der Waals surface area contributed by atoms with Gasteiger partial charge in [0, 0.05) is 5.92 Å². The summed E-state index contributed by atoms with van der Waals surface area (Å²) in [6.07, 6.45) is 3.12. The molecule has 1 aliphatic heterocycles. The number of rotatable bonds is 2. The van der Waals surface area contributed by atoms with Crippen LogP contribution >= 0.6 is 0 Å². The first kappa shape index (κ1) is 7.10. The second-order valence-electron chi connectivity index (χ2n) is 3.61. The molecular weight excluding hydrogens is 142 g/mol. The molecule has 3 heteroatoms. The van der Waals surface area contributed by atoms with Crippen molar-refractivity contribution in [3.63, 3.8) is 0 Å². The molecule has 0 atom stereocenters. The average Bonchev–Trinajstić information content (AvgIpc) is 1.71. The molecule has 0 radical (unpaired) electrons. The lowest BCUT2D eigenvalue weighted by Gasteiger charge is -2.48. The lowest BCUT2D eigenvalue weighted by Crippen LogP contribution is -2.54. The topological polar surface area (TPSA) is 52.3 Å². The fourth-order valence-electron chi connectivity index (χ4n) is 1.97. The van der Waals surface area contributed by atoms with Gasteiger partial charge in [-0.2, -0.15) is 0 Å². The molecule has 62 valence electrons. The van der Waals surface area contributed by atoms with Crippen LogP contribution in [0.5, 0.6) is 0 Å². The molecule has 2 N–H and O–H groups in total. The molecule has 1 aliphatic carbocycles. The Morgan fingerprint density at radius 3 is 2.18 bits per heavy atom. The predicted octanol–water partition coefficient (Wildman–Crippen LogP) is 0.288. The summed E-state index contributed by atoms with van der Waals surface area (Å²) in [4.78, 5) is 11.1. The van der Waals surface area contributed by atoms with E-state index >= 15 is 0 Å². The van der Waals surface area contributed by atoms with Crippen LogP contribution in [0.1, 0.15) is 19.3 Å². The number of carbonyl (C=O) groups is 1. The molecule has 0 aromatic heterocycles. The third-order valence-corrected chi connectivity index (χ3v) is 3.16. The van der Waals surface area contributed by atoms with E-state index in [1.165, 1.54) is 0 Å². The van der Waals surface area contributed by atoms with Crippen molar-refractivity contribution in [2.24, 2.45) is 17.1 Å². The van der Waals surface area contributed by atoms with Crippen LogP contribution in [0, 0.1) is 11.3 Å². The predicted molar refractivity (Wildman–Crippen MR) is 39.8 cm³/mol. The summed E-state index contributed by atoms with van der Waals surface area (Å²) >= 11 is 0. The zero-order chi connectivity index (χ0) is 7.90. The molecule has 0 spiro atoms. The van der Waals surface area contributed by atoms with Crippen LogP contribution in [0.3, 0.4) is 0 Å². The summed E-state index contributed by atoms with van der Waals surface area (Å²) in [7, 11) is 0. The maximum Gasteiger partial charge on any atom is 0.224 e. The lowest BCUT2D eigenvalue weighted by atomic mass is 9.60. The van der Waals surface area contributed by atoms with Crippen molar-refractivity contribution < 1.29 is 9.53 Å². The average molecular weight is 155 g/mol. The van der Waals surface area contributed by atoms with Gasteiger partial charge in [-0.3, -0.25) is 4.79 Å². The van der Waals surface area contributed by atoms with Gasteiger partial charge in [0.2, 0.25) is 5.91 Å². The molecule has 2 fully saturated rings. The fraction of sp³-hybridized carbons (Fsp3) is 0.875. The summed E-state index contributed by atoms with van der Waals surface area (Å²) in [6.45, 7) is 1.48. The number of nitrogens with two attached hydrogens (primary N) is 1. The van der Waals surface area contributed by atoms with E-state index in [0.29, 0.717) is 5.92 Å². The summed E-state index contributed by atoms with van der Waals surface area (Å²) in [5.74, 6) is 0.311. The molecule has 0 bridgehead atoms. The molecular formula is C8H13NO2. The first-order valence-electron chi connectivity index (χ1n) is 4.13. The SMILES string of the molecule is NC(=O)C1(C2COC2)CCC1. The molecule has 1 heterocycles. The number of primary amides is 1. The van der Waals surface area contributed by atoms with Crippen LogP contribution in [0.25, 0.3) is 0 Å². The zero-order valence-corrected chi connectivity index (χ0v) is 6.51. The van der Waals surface area contributed by atoms with Crippen LogP contribution in [0.4, 0.5) is 0 Å². The first-order valence-corrected chi connectivity index (χ1v) is 4.13. The Labute approximate surface area is 65.9 Å². The summed E-state index contributed by atoms with van der Waals surface area (Å²) in [5.41, 5.74) is 5.18. The zero-order valence-electron chi connectivity index (χ0n) is 6.51. The van der Waals surface area contributed by atoms with Gasteiger partial charge >= 0.3 is 0 Å². The molecule has 1 saturated carbocycles. The molecule has 1 saturated heterocycles. The molecule has 0 aromatic rings. The van der Waals surface area contributed by atoms with Crippen molar-refractivity contribution >= 4 is 5.91 Å². The first-order chi connectivity index (χ1) is 5.26. The molecule has 0 unspecified atom stereocenters. The van der Waals surface area contributed by atoms with E-state index in [-0.39, 0.29) is 11.3 Å². The standard InChI is InChI=1S/C8H13NO2/c9-7(10)8(2-1-3-8)6-4-11-5-6/h6H,1-5H2,(H2,9,10). The van der Waals surface area contributed by atoms with Crippen molar-refractivity contribution in [2.75, 3.05) is 13.2 Å². The minimum atomic E-state index is -0.168. The van der Waals surface area contributed by atoms with E-state index < -0.39 is 0 Å². The molecule has 2 aliphatic rings. The highest BCUT2D eigenvalue weighted by Gasteiger charge is 2.51. The largest absolute Gasteiger partial charge is 0.381 e. The van der Waals surface area contributed by atoms with Crippen molar-refractivity contribution in [1.82, 2.24) is 0 Å². The quantitative estimate of drug-likeness (QED) is 0.623. The van der Waals surface area contributed by atoms with E-state index in [1.807, 2.05) is 0 Å². The van der Waals surface area contributed by atoms with E-state index in [1.54, 1.807) is 0 Å². The van der Waals surface area contributed by atoms with Gasteiger partial charge in [-0.15, -0.1) is 0 Å². The molecule has 1 amide bonds. The van der Waals surface area contributed by atoms with Crippen LogP contribution in [-0.2, 0) is 9.53 Å². The van der Waals surface area contributed by atoms with E-state index in [0.717, 1.165) is 32.5 Å². The van der Waals surface area contributed by atoms with Crippen molar-refractivity contribution in [1.29, 1.82) is 0 Å². The maximum absolute atomic E-state index is 11.1. The van der Waals surface area contributed by atoms with Crippen molar-refractivity contribution in [3.05, 3.63) is 0 Å². The van der Waals surface area contributed by atoms with Gasteiger partial charge in [-0.25, -0.2) is 0 Å². The third kappa shape index (κ3) is 0.805. The Hall–Kier alpha value is -0.570. The van der Waals surface area contributed by atoms with Crippen molar-refractivity contribution in [3.8, 4) is 0 Å². The number of amides is 1. The van der Waals surface area contributed by atoms with Crippen LogP contribution in [0.2, 0.25) is 0 Å². The maximum atomic E-state index is 11.1. The second kappa shape index (κ2) is 2.21. The Morgan fingerprint density at radius 1 is 1.45 bits per heavy atom. The monoisotopic (exact) mass is 155 g/mol. The van der Waals surface area contributed by atoms with Gasteiger partial charge < -0.3 is 10.5 Å². The number of carbonyl (C=O) groups excluding carboxylic acids is 1. The minimum Gasteiger partial charge on any atom is -0.381 e. The Kier molecular flexibility index (Phi) is 1.42. The highest BCUT2D eigenvalue weighted by atomic mass is 16.5. The van der Waals surface area contributed by atoms with E-state index in [4.69, 9.17) is 10.5 Å². The second-order valence-corrected chi connectivity index (χ2v) is 3.61. The number of hydrogen-bond donors (Lipinski definition) is 1. The van der Waals surface area contributed by atoms with Gasteiger partial charge in [0.05, 0.1) is 18.6 Å². The van der Waals surface area contributed by atoms with Gasteiger partial charge in [0.25, 0.3) is 0 Å². The van der Waals surface area contributed by atoms with Crippen LogP contribution in [-0.4, -0.2) is 19.1 Å². The van der Waals surface area contributed by atoms with E-state index in [9.17, 15) is 4.79 Å². The number of hydrogen-bond acceptors (Lipinski definition) is 2. The van der Waals surface area contributed by atoms with Gasteiger partial charge in [0.1, 0.15) is 0 Å².